The second kappa shape index (κ2) is 8.18. The van der Waals surface area contributed by atoms with Crippen LogP contribution < -0.4 is 9.47 Å². The molecule has 0 radical (unpaired) electrons. The summed E-state index contributed by atoms with van der Waals surface area (Å²) in [5.74, 6) is 1.52. The summed E-state index contributed by atoms with van der Waals surface area (Å²) in [6.45, 7) is 5.11. The highest BCUT2D eigenvalue weighted by molar-refractivity contribution is 5.40. The van der Waals surface area contributed by atoms with Crippen LogP contribution in [0.15, 0.2) is 54.6 Å². The molecule has 2 unspecified atom stereocenters. The minimum Gasteiger partial charge on any atom is -0.490 e. The number of hydrogen-bond acceptors (Lipinski definition) is 4. The lowest BCUT2D eigenvalue weighted by Crippen LogP contribution is -2.44. The van der Waals surface area contributed by atoms with E-state index in [1.807, 2.05) is 49.4 Å². The molecule has 4 nitrogen and oxygen atoms in total. The molecule has 128 valence electrons. The molecule has 0 N–H and O–H groups in total. The van der Waals surface area contributed by atoms with Gasteiger partial charge in [-0.1, -0.05) is 42.5 Å². The maximum absolute atomic E-state index is 6.40. The fourth-order valence-electron chi connectivity index (χ4n) is 2.95. The average Bonchev–Trinajstić information content (AvgIpc) is 2.62. The second-order valence-electron chi connectivity index (χ2n) is 6.00. The van der Waals surface area contributed by atoms with E-state index in [4.69, 9.17) is 14.2 Å². The number of benzene rings is 2. The Hall–Kier alpha value is -2.04. The van der Waals surface area contributed by atoms with E-state index < -0.39 is 0 Å². The van der Waals surface area contributed by atoms with Crippen LogP contribution in [0, 0.1) is 0 Å². The monoisotopic (exact) mass is 327 g/mol. The van der Waals surface area contributed by atoms with Gasteiger partial charge in [-0.15, -0.1) is 0 Å². The van der Waals surface area contributed by atoms with Gasteiger partial charge in [0.1, 0.15) is 6.10 Å². The molecule has 1 fully saturated rings. The SMILES string of the molecule is CCOc1ccccc1OC(c1ccccc1)C1CN(C)CCO1. The Balaban J connectivity index is 1.88. The molecular weight excluding hydrogens is 302 g/mol. The van der Waals surface area contributed by atoms with E-state index >= 15 is 0 Å². The number of hydrogen-bond donors (Lipinski definition) is 0. The van der Waals surface area contributed by atoms with Crippen LogP contribution in [-0.2, 0) is 4.74 Å². The average molecular weight is 327 g/mol. The van der Waals surface area contributed by atoms with Crippen molar-refractivity contribution in [3.8, 4) is 11.5 Å². The van der Waals surface area contributed by atoms with Gasteiger partial charge >= 0.3 is 0 Å². The Kier molecular flexibility index (Phi) is 5.72. The number of likely N-dealkylation sites (N-methyl/N-ethyl adjacent to an activating group) is 1. The normalized spacial score (nSPS) is 19.7. The number of rotatable bonds is 6. The van der Waals surface area contributed by atoms with Crippen molar-refractivity contribution in [3.05, 3.63) is 60.2 Å². The van der Waals surface area contributed by atoms with Crippen molar-refractivity contribution >= 4 is 0 Å². The first kappa shape index (κ1) is 16.8. The number of para-hydroxylation sites is 2. The predicted molar refractivity (Wildman–Crippen MR) is 94.7 cm³/mol. The topological polar surface area (TPSA) is 30.9 Å². The first-order valence-corrected chi connectivity index (χ1v) is 8.51. The van der Waals surface area contributed by atoms with E-state index in [-0.39, 0.29) is 12.2 Å². The minimum atomic E-state index is -0.171. The van der Waals surface area contributed by atoms with Crippen molar-refractivity contribution in [2.75, 3.05) is 33.4 Å². The van der Waals surface area contributed by atoms with Crippen LogP contribution in [-0.4, -0.2) is 44.4 Å². The molecule has 1 aliphatic heterocycles. The highest BCUT2D eigenvalue weighted by Gasteiger charge is 2.30. The molecule has 1 heterocycles. The van der Waals surface area contributed by atoms with E-state index in [9.17, 15) is 0 Å². The number of morpholine rings is 1. The zero-order valence-electron chi connectivity index (χ0n) is 14.4. The van der Waals surface area contributed by atoms with Gasteiger partial charge < -0.3 is 19.1 Å². The van der Waals surface area contributed by atoms with Crippen LogP contribution in [0.4, 0.5) is 0 Å². The molecule has 0 aromatic heterocycles. The molecule has 1 aliphatic rings. The van der Waals surface area contributed by atoms with Crippen LogP contribution in [0.3, 0.4) is 0 Å². The molecule has 2 aromatic rings. The van der Waals surface area contributed by atoms with Crippen molar-refractivity contribution in [3.63, 3.8) is 0 Å². The molecule has 2 atom stereocenters. The maximum Gasteiger partial charge on any atom is 0.162 e. The van der Waals surface area contributed by atoms with Crippen molar-refractivity contribution in [2.45, 2.75) is 19.1 Å². The zero-order chi connectivity index (χ0) is 16.8. The van der Waals surface area contributed by atoms with Gasteiger partial charge in [0.15, 0.2) is 17.6 Å². The summed E-state index contributed by atoms with van der Waals surface area (Å²) in [7, 11) is 2.12. The summed E-state index contributed by atoms with van der Waals surface area (Å²) < 4.78 is 18.1. The van der Waals surface area contributed by atoms with Crippen LogP contribution in [0.2, 0.25) is 0 Å². The third-order valence-corrected chi connectivity index (χ3v) is 4.17. The summed E-state index contributed by atoms with van der Waals surface area (Å²) in [4.78, 5) is 2.28. The second-order valence-corrected chi connectivity index (χ2v) is 6.00. The molecule has 1 saturated heterocycles. The Bertz CT molecular complexity index is 632. The van der Waals surface area contributed by atoms with Gasteiger partial charge in [-0.2, -0.15) is 0 Å². The third kappa shape index (κ3) is 4.08. The molecule has 0 amide bonds. The van der Waals surface area contributed by atoms with E-state index in [0.29, 0.717) is 6.61 Å². The Morgan fingerprint density at radius 1 is 1.08 bits per heavy atom. The van der Waals surface area contributed by atoms with Gasteiger partial charge in [-0.25, -0.2) is 0 Å². The van der Waals surface area contributed by atoms with Crippen LogP contribution in [0.5, 0.6) is 11.5 Å². The minimum absolute atomic E-state index is 0.0131. The lowest BCUT2D eigenvalue weighted by Gasteiger charge is -2.35. The molecule has 3 rings (SSSR count). The van der Waals surface area contributed by atoms with Crippen LogP contribution in [0.25, 0.3) is 0 Å². The number of nitrogens with zero attached hydrogens (tertiary/aromatic N) is 1. The molecule has 0 spiro atoms. The summed E-state index contributed by atoms with van der Waals surface area (Å²) in [6.07, 6.45) is -0.184. The van der Waals surface area contributed by atoms with Gasteiger partial charge in [0.25, 0.3) is 0 Å². The molecule has 0 saturated carbocycles. The largest absolute Gasteiger partial charge is 0.490 e. The van der Waals surface area contributed by atoms with E-state index in [2.05, 4.69) is 24.1 Å². The van der Waals surface area contributed by atoms with Gasteiger partial charge in [0.2, 0.25) is 0 Å². The van der Waals surface area contributed by atoms with Crippen LogP contribution in [0.1, 0.15) is 18.6 Å². The Morgan fingerprint density at radius 2 is 1.79 bits per heavy atom. The summed E-state index contributed by atoms with van der Waals surface area (Å²) in [5, 5.41) is 0. The molecule has 4 heteroatoms. The highest BCUT2D eigenvalue weighted by atomic mass is 16.6. The van der Waals surface area contributed by atoms with Crippen molar-refractivity contribution in [1.82, 2.24) is 4.90 Å². The van der Waals surface area contributed by atoms with Gasteiger partial charge in [-0.3, -0.25) is 0 Å². The van der Waals surface area contributed by atoms with E-state index in [1.165, 1.54) is 0 Å². The Morgan fingerprint density at radius 3 is 2.50 bits per heavy atom. The number of ether oxygens (including phenoxy) is 3. The van der Waals surface area contributed by atoms with Crippen molar-refractivity contribution in [1.29, 1.82) is 0 Å². The lowest BCUT2D eigenvalue weighted by molar-refractivity contribution is -0.0764. The quantitative estimate of drug-likeness (QED) is 0.812. The molecule has 2 aromatic carbocycles. The Labute approximate surface area is 144 Å². The van der Waals surface area contributed by atoms with E-state index in [0.717, 1.165) is 36.8 Å². The molecular formula is C20H25NO3. The first-order valence-electron chi connectivity index (χ1n) is 8.51. The van der Waals surface area contributed by atoms with Crippen molar-refractivity contribution < 1.29 is 14.2 Å². The fourth-order valence-corrected chi connectivity index (χ4v) is 2.95. The third-order valence-electron chi connectivity index (χ3n) is 4.17. The van der Waals surface area contributed by atoms with E-state index in [1.54, 1.807) is 0 Å². The van der Waals surface area contributed by atoms with Gasteiger partial charge in [-0.05, 0) is 31.7 Å². The van der Waals surface area contributed by atoms with Gasteiger partial charge in [0, 0.05) is 13.1 Å². The summed E-state index contributed by atoms with van der Waals surface area (Å²) >= 11 is 0. The zero-order valence-corrected chi connectivity index (χ0v) is 14.4. The molecule has 24 heavy (non-hydrogen) atoms. The fraction of sp³-hybridized carbons (Fsp3) is 0.400. The summed E-state index contributed by atoms with van der Waals surface area (Å²) in [6, 6.07) is 18.1. The van der Waals surface area contributed by atoms with Crippen LogP contribution >= 0.6 is 0 Å². The first-order chi connectivity index (χ1) is 11.8. The van der Waals surface area contributed by atoms with Gasteiger partial charge in [0.05, 0.1) is 13.2 Å². The highest BCUT2D eigenvalue weighted by Crippen LogP contribution is 2.34. The summed E-state index contributed by atoms with van der Waals surface area (Å²) in [5.41, 5.74) is 1.11. The smallest absolute Gasteiger partial charge is 0.162 e. The molecule has 0 bridgehead atoms. The maximum atomic E-state index is 6.40. The molecule has 0 aliphatic carbocycles. The predicted octanol–water partition coefficient (Wildman–Crippen LogP) is 3.54. The lowest BCUT2D eigenvalue weighted by atomic mass is 10.0. The van der Waals surface area contributed by atoms with Crippen molar-refractivity contribution in [2.24, 2.45) is 0 Å². The standard InChI is InChI=1S/C20H25NO3/c1-3-22-17-11-7-8-12-18(17)24-20(16-9-5-4-6-10-16)19-15-21(2)13-14-23-19/h4-12,19-20H,3,13-15H2,1-2H3.